The van der Waals surface area contributed by atoms with Crippen molar-refractivity contribution in [3.05, 3.63) is 17.6 Å². The molecule has 0 saturated carbocycles. The summed E-state index contributed by atoms with van der Waals surface area (Å²) in [5.41, 5.74) is 2.64. The lowest BCUT2D eigenvalue weighted by atomic mass is 10.2. The lowest BCUT2D eigenvalue weighted by molar-refractivity contribution is 0.311. The van der Waals surface area contributed by atoms with Crippen LogP contribution >= 0.6 is 0 Å². The summed E-state index contributed by atoms with van der Waals surface area (Å²) in [6.45, 7) is 4.36. The Morgan fingerprint density at radius 1 is 1.11 bits per heavy atom. The Labute approximate surface area is 112 Å². The van der Waals surface area contributed by atoms with E-state index in [0.717, 1.165) is 44.8 Å². The topological polar surface area (TPSA) is 49.6 Å². The third-order valence-corrected chi connectivity index (χ3v) is 4.25. The number of hydrogen-bond acceptors (Lipinski definition) is 5. The number of anilines is 1. The Kier molecular flexibility index (Phi) is 2.44. The van der Waals surface area contributed by atoms with Gasteiger partial charge in [0.1, 0.15) is 12.1 Å². The zero-order chi connectivity index (χ0) is 12.8. The molecule has 0 bridgehead atoms. The second-order valence-electron chi connectivity index (χ2n) is 5.51. The maximum absolute atomic E-state index is 4.64. The number of fused-ring (bicyclic) bond motifs is 2. The van der Waals surface area contributed by atoms with E-state index in [2.05, 4.69) is 36.4 Å². The number of aromatic nitrogens is 4. The molecule has 0 N–H and O–H groups in total. The van der Waals surface area contributed by atoms with Gasteiger partial charge in [0.2, 0.25) is 0 Å². The predicted molar refractivity (Wildman–Crippen MR) is 72.5 cm³/mol. The average Bonchev–Trinajstić information content (AvgIpc) is 3.05. The van der Waals surface area contributed by atoms with Crippen LogP contribution < -0.4 is 4.90 Å². The fourth-order valence-electron chi connectivity index (χ4n) is 3.17. The van der Waals surface area contributed by atoms with E-state index < -0.39 is 0 Å². The van der Waals surface area contributed by atoms with E-state index in [-0.39, 0.29) is 0 Å². The normalized spacial score (nSPS) is 20.2. The molecule has 19 heavy (non-hydrogen) atoms. The number of rotatable bonds is 1. The predicted octanol–water partition coefficient (Wildman–Crippen LogP) is 0.365. The van der Waals surface area contributed by atoms with Gasteiger partial charge in [0.05, 0.1) is 5.69 Å². The highest BCUT2D eigenvalue weighted by molar-refractivity contribution is 5.57. The first kappa shape index (κ1) is 11.2. The van der Waals surface area contributed by atoms with Crippen molar-refractivity contribution in [3.63, 3.8) is 0 Å². The molecule has 0 aromatic carbocycles. The molecule has 1 saturated heterocycles. The SMILES string of the molecule is CN1CCN(c2c3c(nc4nncn24)CCC3)CC1. The monoisotopic (exact) mass is 258 g/mol. The first-order valence-corrected chi connectivity index (χ1v) is 6.98. The van der Waals surface area contributed by atoms with Gasteiger partial charge in [-0.15, -0.1) is 10.2 Å². The Morgan fingerprint density at radius 2 is 1.95 bits per heavy atom. The van der Waals surface area contributed by atoms with Crippen molar-refractivity contribution >= 4 is 11.6 Å². The molecule has 3 heterocycles. The molecule has 6 nitrogen and oxygen atoms in total. The molecule has 1 aliphatic heterocycles. The van der Waals surface area contributed by atoms with Crippen LogP contribution in [0.2, 0.25) is 0 Å². The summed E-state index contributed by atoms with van der Waals surface area (Å²) in [6, 6.07) is 0. The van der Waals surface area contributed by atoms with Crippen LogP contribution in [0.25, 0.3) is 5.78 Å². The van der Waals surface area contributed by atoms with Crippen molar-refractivity contribution in [3.8, 4) is 0 Å². The molecule has 1 aliphatic carbocycles. The lowest BCUT2D eigenvalue weighted by Crippen LogP contribution is -2.45. The number of piperazine rings is 1. The van der Waals surface area contributed by atoms with E-state index in [9.17, 15) is 0 Å². The van der Waals surface area contributed by atoms with Gasteiger partial charge >= 0.3 is 0 Å². The molecule has 2 aliphatic rings. The molecule has 2 aromatic heterocycles. The standard InChI is InChI=1S/C13H18N6/c1-17-5-7-18(8-6-17)12-10-3-2-4-11(10)15-13-16-14-9-19(12)13/h9H,2-8H2,1H3. The summed E-state index contributed by atoms with van der Waals surface area (Å²) < 4.78 is 2.06. The highest BCUT2D eigenvalue weighted by Gasteiger charge is 2.25. The summed E-state index contributed by atoms with van der Waals surface area (Å²) in [6.07, 6.45) is 5.23. The fourth-order valence-corrected chi connectivity index (χ4v) is 3.17. The Morgan fingerprint density at radius 3 is 2.79 bits per heavy atom. The van der Waals surface area contributed by atoms with Gasteiger partial charge in [-0.1, -0.05) is 0 Å². The molecule has 0 spiro atoms. The number of hydrogen-bond donors (Lipinski definition) is 0. The quantitative estimate of drug-likeness (QED) is 0.739. The van der Waals surface area contributed by atoms with Crippen LogP contribution in [0.3, 0.4) is 0 Å². The maximum Gasteiger partial charge on any atom is 0.256 e. The fraction of sp³-hybridized carbons (Fsp3) is 0.615. The van der Waals surface area contributed by atoms with Crippen LogP contribution in [0.4, 0.5) is 5.82 Å². The van der Waals surface area contributed by atoms with Gasteiger partial charge in [-0.25, -0.2) is 4.98 Å². The van der Waals surface area contributed by atoms with Crippen molar-refractivity contribution < 1.29 is 0 Å². The molecular formula is C13H18N6. The Bertz CT molecular complexity index is 611. The largest absolute Gasteiger partial charge is 0.355 e. The molecule has 0 unspecified atom stereocenters. The third kappa shape index (κ3) is 1.70. The second-order valence-corrected chi connectivity index (χ2v) is 5.51. The van der Waals surface area contributed by atoms with E-state index >= 15 is 0 Å². The van der Waals surface area contributed by atoms with Gasteiger partial charge in [0.15, 0.2) is 0 Å². The van der Waals surface area contributed by atoms with Crippen molar-refractivity contribution in [2.45, 2.75) is 19.3 Å². The van der Waals surface area contributed by atoms with Crippen molar-refractivity contribution in [2.24, 2.45) is 0 Å². The third-order valence-electron chi connectivity index (χ3n) is 4.25. The highest BCUT2D eigenvalue weighted by Crippen LogP contribution is 2.31. The molecular weight excluding hydrogens is 240 g/mol. The van der Waals surface area contributed by atoms with Crippen LogP contribution in [-0.4, -0.2) is 57.7 Å². The molecule has 1 fully saturated rings. The van der Waals surface area contributed by atoms with Crippen molar-refractivity contribution in [1.29, 1.82) is 0 Å². The number of aryl methyl sites for hydroxylation is 1. The first-order chi connectivity index (χ1) is 9.33. The van der Waals surface area contributed by atoms with E-state index in [0.29, 0.717) is 0 Å². The Balaban J connectivity index is 1.85. The lowest BCUT2D eigenvalue weighted by Gasteiger charge is -2.35. The van der Waals surface area contributed by atoms with Crippen LogP contribution in [-0.2, 0) is 12.8 Å². The molecule has 0 atom stereocenters. The average molecular weight is 258 g/mol. The zero-order valence-corrected chi connectivity index (χ0v) is 11.2. The second kappa shape index (κ2) is 4.16. The van der Waals surface area contributed by atoms with Crippen LogP contribution in [0.5, 0.6) is 0 Å². The molecule has 0 amide bonds. The minimum atomic E-state index is 0.745. The molecule has 4 rings (SSSR count). The van der Waals surface area contributed by atoms with E-state index in [1.165, 1.54) is 23.5 Å². The number of nitrogens with zero attached hydrogens (tertiary/aromatic N) is 6. The molecule has 0 radical (unpaired) electrons. The van der Waals surface area contributed by atoms with Crippen molar-refractivity contribution in [1.82, 2.24) is 24.5 Å². The van der Waals surface area contributed by atoms with E-state index in [1.54, 1.807) is 6.33 Å². The number of likely N-dealkylation sites (N-methyl/N-ethyl adjacent to an activating group) is 1. The summed E-state index contributed by atoms with van der Waals surface area (Å²) in [7, 11) is 2.18. The first-order valence-electron chi connectivity index (χ1n) is 6.98. The van der Waals surface area contributed by atoms with Gasteiger partial charge in [0.25, 0.3) is 5.78 Å². The van der Waals surface area contributed by atoms with E-state index in [4.69, 9.17) is 0 Å². The summed E-state index contributed by atoms with van der Waals surface area (Å²) in [5.74, 6) is 2.03. The summed E-state index contributed by atoms with van der Waals surface area (Å²) >= 11 is 0. The maximum atomic E-state index is 4.64. The van der Waals surface area contributed by atoms with Gasteiger partial charge in [-0.2, -0.15) is 0 Å². The Hall–Kier alpha value is -1.69. The summed E-state index contributed by atoms with van der Waals surface area (Å²) in [5, 5.41) is 8.16. The van der Waals surface area contributed by atoms with E-state index in [1.807, 2.05) is 0 Å². The van der Waals surface area contributed by atoms with Crippen LogP contribution in [0.15, 0.2) is 6.33 Å². The zero-order valence-electron chi connectivity index (χ0n) is 11.2. The molecule has 2 aromatic rings. The highest BCUT2D eigenvalue weighted by atomic mass is 15.3. The van der Waals surface area contributed by atoms with Gasteiger partial charge in [-0.05, 0) is 26.3 Å². The smallest absolute Gasteiger partial charge is 0.256 e. The van der Waals surface area contributed by atoms with Gasteiger partial charge in [0, 0.05) is 31.7 Å². The molecule has 100 valence electrons. The summed E-state index contributed by atoms with van der Waals surface area (Å²) in [4.78, 5) is 9.49. The van der Waals surface area contributed by atoms with Crippen LogP contribution in [0, 0.1) is 0 Å². The minimum Gasteiger partial charge on any atom is -0.355 e. The van der Waals surface area contributed by atoms with Gasteiger partial charge < -0.3 is 9.80 Å². The van der Waals surface area contributed by atoms with Crippen LogP contribution in [0.1, 0.15) is 17.7 Å². The van der Waals surface area contributed by atoms with Gasteiger partial charge in [-0.3, -0.25) is 4.40 Å². The molecule has 6 heteroatoms. The minimum absolute atomic E-state index is 0.745. The van der Waals surface area contributed by atoms with Crippen molar-refractivity contribution in [2.75, 3.05) is 38.1 Å².